The topological polar surface area (TPSA) is 88.2 Å². The highest BCUT2D eigenvalue weighted by Gasteiger charge is 2.15. The quantitative estimate of drug-likeness (QED) is 0.462. The molecule has 4 aromatic rings. The number of fused-ring (bicyclic) bond motifs is 1. The average molecular weight is 438 g/mol. The summed E-state index contributed by atoms with van der Waals surface area (Å²) in [4.78, 5) is 16.8. The third kappa shape index (κ3) is 4.42. The van der Waals surface area contributed by atoms with Gasteiger partial charge in [0.15, 0.2) is 0 Å². The van der Waals surface area contributed by atoms with Gasteiger partial charge in [-0.1, -0.05) is 17.7 Å². The van der Waals surface area contributed by atoms with Crippen molar-refractivity contribution < 1.29 is 13.2 Å². The lowest BCUT2D eigenvalue weighted by Gasteiger charge is -2.10. The highest BCUT2D eigenvalue weighted by Crippen LogP contribution is 2.20. The molecule has 0 saturated carbocycles. The lowest BCUT2D eigenvalue weighted by Crippen LogP contribution is -2.14. The fourth-order valence-corrected chi connectivity index (χ4v) is 4.06. The number of pyridine rings is 1. The second-order valence-electron chi connectivity index (χ2n) is 6.50. The summed E-state index contributed by atoms with van der Waals surface area (Å²) in [5, 5.41) is 4.23. The van der Waals surface area contributed by atoms with Crippen LogP contribution in [0.25, 0.3) is 10.9 Å². The third-order valence-electron chi connectivity index (χ3n) is 4.38. The van der Waals surface area contributed by atoms with E-state index in [1.165, 1.54) is 24.3 Å². The van der Waals surface area contributed by atoms with Crippen molar-refractivity contribution in [2.45, 2.75) is 4.90 Å². The highest BCUT2D eigenvalue weighted by atomic mass is 35.5. The number of anilines is 2. The lowest BCUT2D eigenvalue weighted by molar-refractivity contribution is 0.102. The molecule has 3 aromatic carbocycles. The largest absolute Gasteiger partial charge is 0.322 e. The Morgan fingerprint density at radius 2 is 1.57 bits per heavy atom. The minimum Gasteiger partial charge on any atom is -0.322 e. The van der Waals surface area contributed by atoms with E-state index < -0.39 is 10.0 Å². The molecular weight excluding hydrogens is 422 g/mol. The van der Waals surface area contributed by atoms with E-state index in [1.807, 2.05) is 24.3 Å². The molecule has 1 amide bonds. The molecule has 0 saturated heterocycles. The maximum absolute atomic E-state index is 12.5. The van der Waals surface area contributed by atoms with Gasteiger partial charge in [-0.25, -0.2) is 8.42 Å². The summed E-state index contributed by atoms with van der Waals surface area (Å²) in [7, 11) is -3.78. The molecule has 6 nitrogen and oxygen atoms in total. The molecule has 0 radical (unpaired) electrons. The Balaban J connectivity index is 1.49. The number of hydrogen-bond acceptors (Lipinski definition) is 4. The summed E-state index contributed by atoms with van der Waals surface area (Å²) in [5.41, 5.74) is 2.19. The molecule has 0 fully saturated rings. The number of sulfonamides is 1. The van der Waals surface area contributed by atoms with Gasteiger partial charge in [0.05, 0.1) is 10.4 Å². The van der Waals surface area contributed by atoms with Crippen molar-refractivity contribution in [2.75, 3.05) is 10.0 Å². The van der Waals surface area contributed by atoms with Gasteiger partial charge in [-0.2, -0.15) is 0 Å². The van der Waals surface area contributed by atoms with Crippen molar-refractivity contribution in [3.05, 3.63) is 95.6 Å². The number of benzene rings is 3. The van der Waals surface area contributed by atoms with Crippen LogP contribution in [0.5, 0.6) is 0 Å². The molecule has 1 heterocycles. The number of amides is 1. The first-order valence-corrected chi connectivity index (χ1v) is 10.8. The number of nitrogens with zero attached hydrogens (tertiary/aromatic N) is 1. The van der Waals surface area contributed by atoms with Crippen LogP contribution in [-0.4, -0.2) is 19.3 Å². The normalized spacial score (nSPS) is 11.2. The van der Waals surface area contributed by atoms with E-state index in [2.05, 4.69) is 15.0 Å². The molecule has 0 bridgehead atoms. The number of rotatable bonds is 5. The summed E-state index contributed by atoms with van der Waals surface area (Å²) >= 11 is 5.82. The second kappa shape index (κ2) is 8.14. The van der Waals surface area contributed by atoms with E-state index >= 15 is 0 Å². The van der Waals surface area contributed by atoms with Gasteiger partial charge >= 0.3 is 0 Å². The summed E-state index contributed by atoms with van der Waals surface area (Å²) in [6.07, 6.45) is 1.71. The van der Waals surface area contributed by atoms with Crippen molar-refractivity contribution in [3.8, 4) is 0 Å². The Hall–Kier alpha value is -3.42. The minimum atomic E-state index is -3.78. The standard InChI is InChI=1S/C22H16ClN3O3S/c23-17-5-7-18(8-6-17)26-30(28,29)20-10-3-15(4-11-20)22(27)25-19-9-12-21-16(14-19)2-1-13-24-21/h1-14,26H,(H,25,27). The summed E-state index contributed by atoms with van der Waals surface area (Å²) in [6, 6.07) is 21.2. The van der Waals surface area contributed by atoms with Gasteiger partial charge in [0.25, 0.3) is 15.9 Å². The van der Waals surface area contributed by atoms with Crippen molar-refractivity contribution >= 4 is 49.8 Å². The number of hydrogen-bond donors (Lipinski definition) is 2. The Kier molecular flexibility index (Phi) is 5.39. The average Bonchev–Trinajstić information content (AvgIpc) is 2.75. The third-order valence-corrected chi connectivity index (χ3v) is 6.03. The summed E-state index contributed by atoms with van der Waals surface area (Å²) < 4.78 is 27.5. The van der Waals surface area contributed by atoms with Crippen LogP contribution in [0.3, 0.4) is 0 Å². The fourth-order valence-electron chi connectivity index (χ4n) is 2.87. The van der Waals surface area contributed by atoms with Crippen LogP contribution in [0.1, 0.15) is 10.4 Å². The van der Waals surface area contributed by atoms with Crippen LogP contribution < -0.4 is 10.0 Å². The fraction of sp³-hybridized carbons (Fsp3) is 0. The van der Waals surface area contributed by atoms with Crippen molar-refractivity contribution in [3.63, 3.8) is 0 Å². The van der Waals surface area contributed by atoms with Gasteiger partial charge in [0.1, 0.15) is 0 Å². The first kappa shape index (κ1) is 19.9. The predicted octanol–water partition coefficient (Wildman–Crippen LogP) is 4.94. The molecule has 0 aliphatic carbocycles. The van der Waals surface area contributed by atoms with Gasteiger partial charge < -0.3 is 5.32 Å². The number of carbonyl (C=O) groups excluding carboxylic acids is 1. The van der Waals surface area contributed by atoms with E-state index in [-0.39, 0.29) is 10.8 Å². The number of carbonyl (C=O) groups is 1. The maximum atomic E-state index is 12.5. The zero-order valence-corrected chi connectivity index (χ0v) is 17.1. The van der Waals surface area contributed by atoms with Crippen LogP contribution in [-0.2, 0) is 10.0 Å². The minimum absolute atomic E-state index is 0.0470. The van der Waals surface area contributed by atoms with E-state index in [9.17, 15) is 13.2 Å². The van der Waals surface area contributed by atoms with Crippen molar-refractivity contribution in [1.82, 2.24) is 4.98 Å². The van der Waals surface area contributed by atoms with Crippen LogP contribution in [0.15, 0.2) is 90.0 Å². The molecule has 30 heavy (non-hydrogen) atoms. The summed E-state index contributed by atoms with van der Waals surface area (Å²) in [5.74, 6) is -0.340. The van der Waals surface area contributed by atoms with E-state index in [0.29, 0.717) is 22.0 Å². The van der Waals surface area contributed by atoms with Crippen LogP contribution in [0.2, 0.25) is 5.02 Å². The molecule has 2 N–H and O–H groups in total. The number of aromatic nitrogens is 1. The molecular formula is C22H16ClN3O3S. The first-order chi connectivity index (χ1) is 14.4. The van der Waals surface area contributed by atoms with Crippen LogP contribution in [0.4, 0.5) is 11.4 Å². The Labute approximate surface area is 178 Å². The van der Waals surface area contributed by atoms with E-state index in [1.54, 1.807) is 36.5 Å². The van der Waals surface area contributed by atoms with Gasteiger partial charge in [0, 0.05) is 33.5 Å². The monoisotopic (exact) mass is 437 g/mol. The Bertz CT molecular complexity index is 1320. The molecule has 0 aliphatic heterocycles. The molecule has 8 heteroatoms. The lowest BCUT2D eigenvalue weighted by atomic mass is 10.1. The van der Waals surface area contributed by atoms with E-state index in [4.69, 9.17) is 11.6 Å². The molecule has 1 aromatic heterocycles. The smallest absolute Gasteiger partial charge is 0.261 e. The van der Waals surface area contributed by atoms with Crippen molar-refractivity contribution in [1.29, 1.82) is 0 Å². The second-order valence-corrected chi connectivity index (χ2v) is 8.62. The van der Waals surface area contributed by atoms with Gasteiger partial charge in [-0.15, -0.1) is 0 Å². The van der Waals surface area contributed by atoms with Crippen LogP contribution >= 0.6 is 11.6 Å². The maximum Gasteiger partial charge on any atom is 0.261 e. The molecule has 4 rings (SSSR count). The Morgan fingerprint density at radius 3 is 2.30 bits per heavy atom. The molecule has 150 valence electrons. The van der Waals surface area contributed by atoms with Gasteiger partial charge in [0.2, 0.25) is 0 Å². The molecule has 0 atom stereocenters. The highest BCUT2D eigenvalue weighted by molar-refractivity contribution is 7.92. The zero-order valence-electron chi connectivity index (χ0n) is 15.5. The zero-order chi connectivity index (χ0) is 21.1. The molecule has 0 aliphatic rings. The molecule has 0 unspecified atom stereocenters. The van der Waals surface area contributed by atoms with Gasteiger partial charge in [-0.3, -0.25) is 14.5 Å². The molecule has 0 spiro atoms. The Morgan fingerprint density at radius 1 is 0.867 bits per heavy atom. The first-order valence-electron chi connectivity index (χ1n) is 8.95. The predicted molar refractivity (Wildman–Crippen MR) is 118 cm³/mol. The van der Waals surface area contributed by atoms with Gasteiger partial charge in [-0.05, 0) is 72.8 Å². The number of halogens is 1. The number of nitrogens with one attached hydrogen (secondary N) is 2. The van der Waals surface area contributed by atoms with E-state index in [0.717, 1.165) is 10.9 Å². The van der Waals surface area contributed by atoms with Crippen molar-refractivity contribution in [2.24, 2.45) is 0 Å². The van der Waals surface area contributed by atoms with Crippen LogP contribution in [0, 0.1) is 0 Å². The SMILES string of the molecule is O=C(Nc1ccc2ncccc2c1)c1ccc(S(=O)(=O)Nc2ccc(Cl)cc2)cc1. The summed E-state index contributed by atoms with van der Waals surface area (Å²) in [6.45, 7) is 0.